The van der Waals surface area contributed by atoms with Crippen LogP contribution in [0.5, 0.6) is 0 Å². The van der Waals surface area contributed by atoms with E-state index in [9.17, 15) is 14.4 Å². The van der Waals surface area contributed by atoms with Crippen molar-refractivity contribution in [3.05, 3.63) is 63.9 Å². The highest BCUT2D eigenvalue weighted by Gasteiger charge is 2.15. The Labute approximate surface area is 183 Å². The summed E-state index contributed by atoms with van der Waals surface area (Å²) in [5, 5.41) is 14.0. The van der Waals surface area contributed by atoms with Crippen LogP contribution in [-0.2, 0) is 9.59 Å². The monoisotopic (exact) mass is 437 g/mol. The number of aryl methyl sites for hydroxylation is 2. The molecule has 160 valence electrons. The molecule has 0 atom stereocenters. The summed E-state index contributed by atoms with van der Waals surface area (Å²) >= 11 is 1.08. The van der Waals surface area contributed by atoms with Crippen molar-refractivity contribution in [2.45, 2.75) is 32.3 Å². The van der Waals surface area contributed by atoms with Gasteiger partial charge in [-0.1, -0.05) is 48.5 Å². The average molecular weight is 438 g/mol. The smallest absolute Gasteiger partial charge is 0.278 e. The Balaban J connectivity index is 1.74. The Kier molecular flexibility index (Phi) is 7.19. The summed E-state index contributed by atoms with van der Waals surface area (Å²) < 4.78 is 0. The van der Waals surface area contributed by atoms with Crippen molar-refractivity contribution in [1.82, 2.24) is 15.2 Å². The first-order chi connectivity index (χ1) is 14.9. The van der Waals surface area contributed by atoms with Crippen LogP contribution in [-0.4, -0.2) is 32.7 Å². The standard InChI is InChI=1S/C22H23N5O3S/c1-4-18(28)24-17-10-9-13(2)11-15(17)20-21(30)25-22(27-26-20)31-12-19(29)23-16-8-6-5-7-14(16)3/h5-11H,4,12H2,1-3H3,(H,23,29)(H,24,28)(H,25,27,30). The Bertz CT molecular complexity index is 1180. The van der Waals surface area contributed by atoms with Gasteiger partial charge in [-0.25, -0.2) is 0 Å². The summed E-state index contributed by atoms with van der Waals surface area (Å²) in [5.74, 6) is -0.309. The maximum absolute atomic E-state index is 12.7. The molecule has 0 fully saturated rings. The van der Waals surface area contributed by atoms with E-state index in [1.807, 2.05) is 44.2 Å². The molecule has 0 bridgehead atoms. The SMILES string of the molecule is CCC(=O)Nc1ccc(C)cc1-c1nnc(SCC(=O)Nc2ccccc2C)[nH]c1=O. The minimum absolute atomic E-state index is 0.0700. The Hall–Kier alpha value is -3.46. The molecule has 31 heavy (non-hydrogen) atoms. The molecule has 0 aliphatic rings. The number of hydrogen-bond acceptors (Lipinski definition) is 6. The molecule has 0 spiro atoms. The van der Waals surface area contributed by atoms with E-state index in [-0.39, 0.29) is 28.4 Å². The summed E-state index contributed by atoms with van der Waals surface area (Å²) in [7, 11) is 0. The third-order valence-corrected chi connectivity index (χ3v) is 5.32. The van der Waals surface area contributed by atoms with Gasteiger partial charge in [0.05, 0.1) is 11.4 Å². The molecule has 3 aromatic rings. The second-order valence-electron chi connectivity index (χ2n) is 6.91. The zero-order valence-electron chi connectivity index (χ0n) is 17.5. The van der Waals surface area contributed by atoms with Crippen LogP contribution in [0.15, 0.2) is 52.4 Å². The van der Waals surface area contributed by atoms with Crippen molar-refractivity contribution >= 4 is 35.0 Å². The zero-order chi connectivity index (χ0) is 22.4. The molecule has 0 saturated carbocycles. The number of nitrogens with one attached hydrogen (secondary N) is 3. The first kappa shape index (κ1) is 22.2. The molecule has 2 amide bonds. The lowest BCUT2D eigenvalue weighted by Crippen LogP contribution is -2.18. The fraction of sp³-hybridized carbons (Fsp3) is 0.227. The first-order valence-electron chi connectivity index (χ1n) is 9.73. The lowest BCUT2D eigenvalue weighted by Gasteiger charge is -2.11. The van der Waals surface area contributed by atoms with Crippen LogP contribution >= 0.6 is 11.8 Å². The fourth-order valence-corrected chi connectivity index (χ4v) is 3.40. The number of aromatic nitrogens is 3. The third kappa shape index (κ3) is 5.79. The second-order valence-corrected chi connectivity index (χ2v) is 7.87. The summed E-state index contributed by atoms with van der Waals surface area (Å²) in [6, 6.07) is 12.8. The van der Waals surface area contributed by atoms with Crippen molar-refractivity contribution in [3.8, 4) is 11.3 Å². The number of anilines is 2. The molecule has 9 heteroatoms. The van der Waals surface area contributed by atoms with Gasteiger partial charge in [0.15, 0.2) is 10.9 Å². The van der Waals surface area contributed by atoms with E-state index in [1.165, 1.54) is 0 Å². The minimum Gasteiger partial charge on any atom is -0.325 e. The van der Waals surface area contributed by atoms with Crippen LogP contribution < -0.4 is 16.2 Å². The lowest BCUT2D eigenvalue weighted by atomic mass is 10.1. The molecule has 3 rings (SSSR count). The van der Waals surface area contributed by atoms with E-state index in [0.717, 1.165) is 28.6 Å². The van der Waals surface area contributed by atoms with Crippen LogP contribution in [0.1, 0.15) is 24.5 Å². The van der Waals surface area contributed by atoms with Crippen LogP contribution in [0.2, 0.25) is 0 Å². The Morgan fingerprint density at radius 3 is 2.45 bits per heavy atom. The number of benzene rings is 2. The van der Waals surface area contributed by atoms with Gasteiger partial charge in [-0.05, 0) is 37.6 Å². The number of amides is 2. The third-order valence-electron chi connectivity index (χ3n) is 4.46. The van der Waals surface area contributed by atoms with Crippen molar-refractivity contribution in [3.63, 3.8) is 0 Å². The number of carbonyl (C=O) groups excluding carboxylic acids is 2. The molecule has 0 radical (unpaired) electrons. The topological polar surface area (TPSA) is 117 Å². The predicted molar refractivity (Wildman–Crippen MR) is 122 cm³/mol. The highest BCUT2D eigenvalue weighted by atomic mass is 32.2. The minimum atomic E-state index is -0.450. The molecule has 0 unspecified atom stereocenters. The highest BCUT2D eigenvalue weighted by Crippen LogP contribution is 2.26. The number of para-hydroxylation sites is 1. The number of aromatic amines is 1. The van der Waals surface area contributed by atoms with E-state index in [2.05, 4.69) is 25.8 Å². The van der Waals surface area contributed by atoms with E-state index in [4.69, 9.17) is 0 Å². The highest BCUT2D eigenvalue weighted by molar-refractivity contribution is 7.99. The summed E-state index contributed by atoms with van der Waals surface area (Å²) in [4.78, 5) is 39.3. The Morgan fingerprint density at radius 1 is 1.00 bits per heavy atom. The normalized spacial score (nSPS) is 10.5. The van der Waals surface area contributed by atoms with E-state index >= 15 is 0 Å². The van der Waals surface area contributed by atoms with E-state index in [0.29, 0.717) is 17.7 Å². The van der Waals surface area contributed by atoms with Gasteiger partial charge in [0.2, 0.25) is 11.8 Å². The lowest BCUT2D eigenvalue weighted by molar-refractivity contribution is -0.116. The summed E-state index contributed by atoms with van der Waals surface area (Å²) in [5.41, 5.74) is 3.25. The molecule has 8 nitrogen and oxygen atoms in total. The van der Waals surface area contributed by atoms with Crippen LogP contribution in [0.25, 0.3) is 11.3 Å². The van der Waals surface area contributed by atoms with Crippen molar-refractivity contribution in [2.24, 2.45) is 0 Å². The van der Waals surface area contributed by atoms with Gasteiger partial charge in [-0.2, -0.15) is 0 Å². The van der Waals surface area contributed by atoms with Crippen LogP contribution in [0.3, 0.4) is 0 Å². The van der Waals surface area contributed by atoms with Crippen LogP contribution in [0.4, 0.5) is 11.4 Å². The molecular formula is C22H23N5O3S. The number of rotatable bonds is 7. The molecule has 1 heterocycles. The first-order valence-corrected chi connectivity index (χ1v) is 10.7. The van der Waals surface area contributed by atoms with E-state index in [1.54, 1.807) is 19.1 Å². The maximum atomic E-state index is 12.7. The van der Waals surface area contributed by atoms with Gasteiger partial charge in [0.1, 0.15) is 0 Å². The van der Waals surface area contributed by atoms with Gasteiger partial charge in [0, 0.05) is 17.7 Å². The molecule has 2 aromatic carbocycles. The van der Waals surface area contributed by atoms with Crippen molar-refractivity contribution in [1.29, 1.82) is 0 Å². The van der Waals surface area contributed by atoms with Gasteiger partial charge in [-0.15, -0.1) is 10.2 Å². The second kappa shape index (κ2) is 10.0. The quantitative estimate of drug-likeness (QED) is 0.487. The van der Waals surface area contributed by atoms with Gasteiger partial charge >= 0.3 is 0 Å². The molecule has 3 N–H and O–H groups in total. The molecular weight excluding hydrogens is 414 g/mol. The fourth-order valence-electron chi connectivity index (χ4n) is 2.80. The number of H-pyrrole nitrogens is 1. The van der Waals surface area contributed by atoms with E-state index < -0.39 is 5.56 Å². The number of hydrogen-bond donors (Lipinski definition) is 3. The average Bonchev–Trinajstić information content (AvgIpc) is 2.75. The summed E-state index contributed by atoms with van der Waals surface area (Å²) in [6.07, 6.45) is 0.315. The van der Waals surface area contributed by atoms with Crippen molar-refractivity contribution < 1.29 is 9.59 Å². The maximum Gasteiger partial charge on any atom is 0.278 e. The largest absolute Gasteiger partial charge is 0.325 e. The number of carbonyl (C=O) groups is 2. The summed E-state index contributed by atoms with van der Waals surface area (Å²) in [6.45, 7) is 5.54. The van der Waals surface area contributed by atoms with Crippen LogP contribution in [0, 0.1) is 13.8 Å². The van der Waals surface area contributed by atoms with Gasteiger partial charge < -0.3 is 10.6 Å². The van der Waals surface area contributed by atoms with Crippen molar-refractivity contribution in [2.75, 3.05) is 16.4 Å². The predicted octanol–water partition coefficient (Wildman–Crippen LogP) is 3.53. The molecule has 0 aliphatic heterocycles. The zero-order valence-corrected chi connectivity index (χ0v) is 18.3. The molecule has 0 saturated heterocycles. The number of thioether (sulfide) groups is 1. The molecule has 1 aromatic heterocycles. The molecule has 0 aliphatic carbocycles. The van der Waals surface area contributed by atoms with Gasteiger partial charge in [0.25, 0.3) is 5.56 Å². The van der Waals surface area contributed by atoms with Gasteiger partial charge in [-0.3, -0.25) is 19.4 Å². The number of nitrogens with zero attached hydrogens (tertiary/aromatic N) is 2. The Morgan fingerprint density at radius 2 is 1.74 bits per heavy atom.